The van der Waals surface area contributed by atoms with Crippen LogP contribution >= 0.6 is 0 Å². The van der Waals surface area contributed by atoms with Crippen molar-refractivity contribution in [3.05, 3.63) is 70.9 Å². The third-order valence-corrected chi connectivity index (χ3v) is 6.29. The molecule has 0 saturated carbocycles. The zero-order valence-electron chi connectivity index (χ0n) is 14.0. The quantitative estimate of drug-likeness (QED) is 0.357. The summed E-state index contributed by atoms with van der Waals surface area (Å²) in [4.78, 5) is 0.200. The molecule has 1 saturated heterocycles. The van der Waals surface area contributed by atoms with Gasteiger partial charge >= 0.3 is 0 Å². The maximum atomic E-state index is 12.9. The first-order chi connectivity index (χ1) is 12.1. The molecular formula is C19H22N2O3S. The molecule has 2 aromatic rings. The predicted molar refractivity (Wildman–Crippen MR) is 98.0 cm³/mol. The lowest BCUT2D eigenvalue weighted by Crippen LogP contribution is -2.36. The van der Waals surface area contributed by atoms with Crippen molar-refractivity contribution >= 4 is 16.2 Å². The zero-order chi connectivity index (χ0) is 17.7. The van der Waals surface area contributed by atoms with Crippen LogP contribution in [0.5, 0.6) is 0 Å². The number of nitrogens with zero attached hydrogens (tertiary/aromatic N) is 2. The lowest BCUT2D eigenvalue weighted by atomic mass is 10.2. The van der Waals surface area contributed by atoms with E-state index in [1.807, 2.05) is 30.3 Å². The van der Waals surface area contributed by atoms with Crippen molar-refractivity contribution in [2.45, 2.75) is 30.7 Å². The second kappa shape index (κ2) is 7.80. The Bertz CT molecular complexity index is 842. The van der Waals surface area contributed by atoms with Gasteiger partial charge in [0.1, 0.15) is 0 Å². The fourth-order valence-electron chi connectivity index (χ4n) is 3.03. The minimum atomic E-state index is -3.57. The Hall–Kier alpha value is -2.18. The van der Waals surface area contributed by atoms with Gasteiger partial charge in [0, 0.05) is 18.7 Å². The summed E-state index contributed by atoms with van der Waals surface area (Å²) in [5, 5.41) is 12.3. The molecule has 2 aromatic carbocycles. The highest BCUT2D eigenvalue weighted by atomic mass is 32.2. The Morgan fingerprint density at radius 2 is 1.60 bits per heavy atom. The van der Waals surface area contributed by atoms with E-state index in [0.717, 1.165) is 29.6 Å². The third kappa shape index (κ3) is 4.27. The maximum absolute atomic E-state index is 12.9. The summed E-state index contributed by atoms with van der Waals surface area (Å²) in [5.74, 6) is 0. The molecule has 6 heteroatoms. The van der Waals surface area contributed by atoms with Crippen LogP contribution in [0.3, 0.4) is 0 Å². The fraction of sp³-hybridized carbons (Fsp3) is 0.316. The predicted octanol–water partition coefficient (Wildman–Crippen LogP) is 2.99. The first-order valence-corrected chi connectivity index (χ1v) is 9.93. The maximum Gasteiger partial charge on any atom is 0.243 e. The number of hydroxylamine groups is 1. The van der Waals surface area contributed by atoms with E-state index in [9.17, 15) is 13.6 Å². The van der Waals surface area contributed by atoms with Crippen LogP contribution in [0.25, 0.3) is 0 Å². The van der Waals surface area contributed by atoms with Crippen LogP contribution in [0.4, 0.5) is 0 Å². The summed E-state index contributed by atoms with van der Waals surface area (Å²) in [5.41, 5.74) is 1.31. The molecule has 1 aliphatic rings. The minimum absolute atomic E-state index is 0.180. The highest BCUT2D eigenvalue weighted by Crippen LogP contribution is 2.22. The molecular weight excluding hydrogens is 336 g/mol. The van der Waals surface area contributed by atoms with Crippen LogP contribution < -0.4 is 0 Å². The van der Waals surface area contributed by atoms with Crippen LogP contribution in [-0.2, 0) is 16.6 Å². The van der Waals surface area contributed by atoms with Gasteiger partial charge in [0.2, 0.25) is 10.0 Å². The van der Waals surface area contributed by atoms with Crippen molar-refractivity contribution in [2.24, 2.45) is 0 Å². The van der Waals surface area contributed by atoms with E-state index in [1.54, 1.807) is 24.3 Å². The average molecular weight is 358 g/mol. The van der Waals surface area contributed by atoms with E-state index >= 15 is 0 Å². The minimum Gasteiger partial charge on any atom is -0.624 e. The molecule has 0 radical (unpaired) electrons. The number of hydrogen-bond acceptors (Lipinski definition) is 3. The van der Waals surface area contributed by atoms with Gasteiger partial charge in [0.25, 0.3) is 0 Å². The Morgan fingerprint density at radius 1 is 0.960 bits per heavy atom. The van der Waals surface area contributed by atoms with E-state index in [1.165, 1.54) is 10.5 Å². The second-order valence-corrected chi connectivity index (χ2v) is 8.10. The van der Waals surface area contributed by atoms with Crippen LogP contribution in [0.1, 0.15) is 30.4 Å². The molecule has 0 unspecified atom stereocenters. The largest absolute Gasteiger partial charge is 0.624 e. The van der Waals surface area contributed by atoms with Crippen molar-refractivity contribution in [2.75, 3.05) is 13.1 Å². The summed E-state index contributed by atoms with van der Waals surface area (Å²) in [6, 6.07) is 16.1. The Morgan fingerprint density at radius 3 is 2.32 bits per heavy atom. The molecule has 1 fully saturated rings. The molecule has 0 aliphatic carbocycles. The van der Waals surface area contributed by atoms with Gasteiger partial charge < -0.3 is 5.21 Å². The summed E-state index contributed by atoms with van der Waals surface area (Å²) >= 11 is 0. The first-order valence-electron chi connectivity index (χ1n) is 8.49. The molecule has 0 amide bonds. The van der Waals surface area contributed by atoms with Crippen molar-refractivity contribution in [1.29, 1.82) is 0 Å². The highest BCUT2D eigenvalue weighted by molar-refractivity contribution is 7.89. The lowest BCUT2D eigenvalue weighted by molar-refractivity contribution is -0.469. The van der Waals surface area contributed by atoms with Gasteiger partial charge in [0.15, 0.2) is 12.8 Å². The van der Waals surface area contributed by atoms with E-state index in [-0.39, 0.29) is 11.4 Å². The standard InChI is InChI=1S/C19H22N2O3S/c22-20(15-17-9-3-1-4-10-17)16-18-11-5-6-12-19(18)25(23,24)21-13-7-2-8-14-21/h1,3-6,9-12,16H,2,7-8,13-15H2. The number of hydrogen-bond donors (Lipinski definition) is 0. The van der Waals surface area contributed by atoms with Gasteiger partial charge in [-0.25, -0.2) is 13.2 Å². The summed E-state index contributed by atoms with van der Waals surface area (Å²) in [7, 11) is -3.57. The summed E-state index contributed by atoms with van der Waals surface area (Å²) < 4.78 is 28.2. The molecule has 1 aliphatic heterocycles. The molecule has 132 valence electrons. The van der Waals surface area contributed by atoms with Gasteiger partial charge in [-0.05, 0) is 25.0 Å². The van der Waals surface area contributed by atoms with Gasteiger partial charge in [-0.15, -0.1) is 0 Å². The van der Waals surface area contributed by atoms with Crippen LogP contribution in [-0.4, -0.2) is 36.8 Å². The Labute approximate surface area is 148 Å². The molecule has 0 bridgehead atoms. The van der Waals surface area contributed by atoms with Gasteiger partial charge in [-0.1, -0.05) is 48.9 Å². The van der Waals surface area contributed by atoms with Gasteiger partial charge in [0.05, 0.1) is 10.5 Å². The van der Waals surface area contributed by atoms with E-state index in [2.05, 4.69) is 0 Å². The molecule has 5 nitrogen and oxygen atoms in total. The monoisotopic (exact) mass is 358 g/mol. The fourth-order valence-corrected chi connectivity index (χ4v) is 4.72. The van der Waals surface area contributed by atoms with Crippen molar-refractivity contribution < 1.29 is 13.2 Å². The van der Waals surface area contributed by atoms with E-state index in [4.69, 9.17) is 0 Å². The molecule has 3 rings (SSSR count). The molecule has 0 spiro atoms. The SMILES string of the molecule is O=S(=O)(c1ccccc1C=[N+]([O-])Cc1ccccc1)N1CCCCC1. The highest BCUT2D eigenvalue weighted by Gasteiger charge is 2.28. The van der Waals surface area contributed by atoms with E-state index in [0.29, 0.717) is 18.7 Å². The Balaban J connectivity index is 1.89. The second-order valence-electron chi connectivity index (χ2n) is 6.19. The normalized spacial score (nSPS) is 16.7. The van der Waals surface area contributed by atoms with Crippen LogP contribution in [0.15, 0.2) is 59.5 Å². The first kappa shape index (κ1) is 17.6. The Kier molecular flexibility index (Phi) is 5.50. The molecule has 0 N–H and O–H groups in total. The van der Waals surface area contributed by atoms with E-state index < -0.39 is 10.0 Å². The lowest BCUT2D eigenvalue weighted by Gasteiger charge is -2.26. The zero-order valence-corrected chi connectivity index (χ0v) is 14.9. The number of sulfonamides is 1. The molecule has 0 atom stereocenters. The summed E-state index contributed by atoms with van der Waals surface area (Å²) in [6.45, 7) is 1.27. The smallest absolute Gasteiger partial charge is 0.243 e. The molecule has 0 aromatic heterocycles. The number of piperidine rings is 1. The van der Waals surface area contributed by atoms with Crippen LogP contribution in [0, 0.1) is 5.21 Å². The number of benzene rings is 2. The van der Waals surface area contributed by atoms with Crippen molar-refractivity contribution in [3.63, 3.8) is 0 Å². The van der Waals surface area contributed by atoms with Gasteiger partial charge in [-0.2, -0.15) is 4.31 Å². The van der Waals surface area contributed by atoms with Crippen molar-refractivity contribution in [3.8, 4) is 0 Å². The van der Waals surface area contributed by atoms with Crippen molar-refractivity contribution in [1.82, 2.24) is 4.31 Å². The number of rotatable bonds is 5. The topological polar surface area (TPSA) is 63.4 Å². The summed E-state index contributed by atoms with van der Waals surface area (Å²) in [6.07, 6.45) is 4.19. The van der Waals surface area contributed by atoms with Gasteiger partial charge in [-0.3, -0.25) is 0 Å². The molecule has 1 heterocycles. The molecule has 25 heavy (non-hydrogen) atoms. The average Bonchev–Trinajstić information content (AvgIpc) is 2.63. The van der Waals surface area contributed by atoms with Crippen LogP contribution in [0.2, 0.25) is 0 Å². The third-order valence-electron chi connectivity index (χ3n) is 4.32.